The molecule has 0 aliphatic heterocycles. The molecule has 0 atom stereocenters. The number of carbonyl (C=O) groups is 1. The Balaban J connectivity index is 1.71. The molecule has 0 bridgehead atoms. The van der Waals surface area contributed by atoms with Crippen molar-refractivity contribution in [3.05, 3.63) is 45.9 Å². The van der Waals surface area contributed by atoms with E-state index in [-0.39, 0.29) is 11.5 Å². The van der Waals surface area contributed by atoms with Crippen LogP contribution in [0.15, 0.2) is 34.8 Å². The maximum atomic E-state index is 12.7. The number of aromatic nitrogens is 3. The van der Waals surface area contributed by atoms with Gasteiger partial charge in [0.25, 0.3) is 0 Å². The molecule has 9 heteroatoms. The number of methoxy groups -OCH3 is 3. The Morgan fingerprint density at radius 3 is 2.43 bits per heavy atom. The van der Waals surface area contributed by atoms with Crippen LogP contribution in [0.1, 0.15) is 21.1 Å². The summed E-state index contributed by atoms with van der Waals surface area (Å²) >= 11 is 3.04. The van der Waals surface area contributed by atoms with Gasteiger partial charge in [0, 0.05) is 23.9 Å². The predicted octanol–water partition coefficient (Wildman–Crippen LogP) is 3.47. The molecule has 0 spiro atoms. The van der Waals surface area contributed by atoms with Crippen LogP contribution in [0.2, 0.25) is 0 Å². The molecule has 2 aromatic heterocycles. The molecule has 0 unspecified atom stereocenters. The molecule has 0 saturated carbocycles. The van der Waals surface area contributed by atoms with Crippen molar-refractivity contribution in [2.24, 2.45) is 7.05 Å². The van der Waals surface area contributed by atoms with Gasteiger partial charge in [0.05, 0.1) is 27.1 Å². The number of Topliss-reactive ketones (excluding diaryl/α,β-unsaturated/α-hetero) is 1. The first-order valence-corrected chi connectivity index (χ1v) is 10.3. The number of hydrogen-bond donors (Lipinski definition) is 0. The third kappa shape index (κ3) is 4.31. The van der Waals surface area contributed by atoms with E-state index in [1.807, 2.05) is 23.1 Å². The van der Waals surface area contributed by atoms with E-state index < -0.39 is 0 Å². The Morgan fingerprint density at radius 2 is 1.86 bits per heavy atom. The number of thioether (sulfide) groups is 1. The molecular weight excluding hydrogens is 398 g/mol. The van der Waals surface area contributed by atoms with Crippen molar-refractivity contribution < 1.29 is 19.0 Å². The number of nitrogens with zero attached hydrogens (tertiary/aromatic N) is 3. The lowest BCUT2D eigenvalue weighted by Crippen LogP contribution is -2.06. The molecule has 0 radical (unpaired) electrons. The van der Waals surface area contributed by atoms with Crippen molar-refractivity contribution in [3.63, 3.8) is 0 Å². The van der Waals surface area contributed by atoms with Crippen LogP contribution in [-0.2, 0) is 13.5 Å². The van der Waals surface area contributed by atoms with E-state index in [1.54, 1.807) is 23.5 Å². The molecule has 3 aromatic rings. The molecule has 0 N–H and O–H groups in total. The molecule has 0 amide bonds. The fourth-order valence-corrected chi connectivity index (χ4v) is 4.18. The molecule has 28 heavy (non-hydrogen) atoms. The van der Waals surface area contributed by atoms with Crippen molar-refractivity contribution in [2.45, 2.75) is 11.6 Å². The second-order valence-corrected chi connectivity index (χ2v) is 7.81. The third-order valence-corrected chi connectivity index (χ3v) is 6.05. The number of benzene rings is 1. The summed E-state index contributed by atoms with van der Waals surface area (Å²) in [5.41, 5.74) is 0.489. The molecule has 0 saturated heterocycles. The van der Waals surface area contributed by atoms with Crippen molar-refractivity contribution in [1.82, 2.24) is 14.8 Å². The fraction of sp³-hybridized carbons (Fsp3) is 0.316. The molecule has 0 aliphatic carbocycles. The first-order chi connectivity index (χ1) is 13.6. The number of thiophene rings is 1. The minimum Gasteiger partial charge on any atom is -0.493 e. The van der Waals surface area contributed by atoms with Crippen LogP contribution in [0.5, 0.6) is 17.2 Å². The average Bonchev–Trinajstić information content (AvgIpc) is 3.35. The number of carbonyl (C=O) groups excluding carboxylic acids is 1. The highest BCUT2D eigenvalue weighted by molar-refractivity contribution is 7.99. The van der Waals surface area contributed by atoms with Gasteiger partial charge in [0.1, 0.15) is 5.82 Å². The lowest BCUT2D eigenvalue weighted by molar-refractivity contribution is 0.102. The first-order valence-electron chi connectivity index (χ1n) is 8.44. The normalized spacial score (nSPS) is 10.7. The molecule has 0 fully saturated rings. The number of rotatable bonds is 9. The third-order valence-electron chi connectivity index (χ3n) is 4.16. The largest absolute Gasteiger partial charge is 0.493 e. The summed E-state index contributed by atoms with van der Waals surface area (Å²) in [5.74, 6) is 2.39. The molecule has 0 aliphatic rings. The lowest BCUT2D eigenvalue weighted by atomic mass is 10.1. The maximum Gasteiger partial charge on any atom is 0.203 e. The van der Waals surface area contributed by atoms with Crippen LogP contribution < -0.4 is 14.2 Å². The van der Waals surface area contributed by atoms with Crippen molar-refractivity contribution in [2.75, 3.05) is 27.1 Å². The highest BCUT2D eigenvalue weighted by Crippen LogP contribution is 2.38. The Labute approximate surface area is 171 Å². The fourth-order valence-electron chi connectivity index (χ4n) is 2.65. The Bertz CT molecular complexity index is 929. The van der Waals surface area contributed by atoms with Gasteiger partial charge in [-0.3, -0.25) is 4.79 Å². The topological polar surface area (TPSA) is 75.5 Å². The number of ether oxygens (including phenoxy) is 3. The predicted molar refractivity (Wildman–Crippen MR) is 109 cm³/mol. The van der Waals surface area contributed by atoms with Crippen molar-refractivity contribution in [1.29, 1.82) is 0 Å². The zero-order chi connectivity index (χ0) is 20.1. The van der Waals surface area contributed by atoms with E-state index >= 15 is 0 Å². The standard InChI is InChI=1S/C19H21N3O4S2/c1-22-17(10-13-6-5-7-27-13)20-21-19(22)28-11-14(23)12-8-15(24-2)18(26-4)16(9-12)25-3/h5-9H,10-11H2,1-4H3. The van der Waals surface area contributed by atoms with Crippen LogP contribution >= 0.6 is 23.1 Å². The molecule has 7 nitrogen and oxygen atoms in total. The van der Waals surface area contributed by atoms with Crippen LogP contribution in [-0.4, -0.2) is 47.6 Å². The quantitative estimate of drug-likeness (QED) is 0.388. The van der Waals surface area contributed by atoms with Gasteiger partial charge >= 0.3 is 0 Å². The minimum atomic E-state index is -0.0629. The summed E-state index contributed by atoms with van der Waals surface area (Å²) in [7, 11) is 6.48. The number of ketones is 1. The van der Waals surface area contributed by atoms with Gasteiger partial charge in [-0.15, -0.1) is 21.5 Å². The van der Waals surface area contributed by atoms with Gasteiger partial charge in [-0.2, -0.15) is 0 Å². The van der Waals surface area contributed by atoms with Gasteiger partial charge in [-0.05, 0) is 23.6 Å². The molecule has 1 aromatic carbocycles. The van der Waals surface area contributed by atoms with Crippen LogP contribution in [0.25, 0.3) is 0 Å². The second-order valence-electron chi connectivity index (χ2n) is 5.84. The summed E-state index contributed by atoms with van der Waals surface area (Å²) in [6.45, 7) is 0. The molecule has 148 valence electrons. The summed E-state index contributed by atoms with van der Waals surface area (Å²) in [5, 5.41) is 11.2. The van der Waals surface area contributed by atoms with Gasteiger partial charge in [-0.25, -0.2) is 0 Å². The lowest BCUT2D eigenvalue weighted by Gasteiger charge is -2.13. The minimum absolute atomic E-state index is 0.0629. The van der Waals surface area contributed by atoms with E-state index in [0.717, 1.165) is 12.2 Å². The summed E-state index contributed by atoms with van der Waals surface area (Å²) in [6.07, 6.45) is 0.725. The SMILES string of the molecule is COc1cc(C(=O)CSc2nnc(Cc3cccs3)n2C)cc(OC)c1OC. The highest BCUT2D eigenvalue weighted by Gasteiger charge is 2.18. The van der Waals surface area contributed by atoms with Gasteiger partial charge in [0.15, 0.2) is 22.4 Å². The summed E-state index contributed by atoms with van der Waals surface area (Å²) in [4.78, 5) is 13.9. The Kier molecular flexibility index (Phi) is 6.58. The Morgan fingerprint density at radius 1 is 1.14 bits per heavy atom. The van der Waals surface area contributed by atoms with Crippen LogP contribution in [0.3, 0.4) is 0 Å². The van der Waals surface area contributed by atoms with Crippen molar-refractivity contribution in [3.8, 4) is 17.2 Å². The van der Waals surface area contributed by atoms with Gasteiger partial charge < -0.3 is 18.8 Å². The summed E-state index contributed by atoms with van der Waals surface area (Å²) in [6, 6.07) is 7.40. The zero-order valence-electron chi connectivity index (χ0n) is 16.1. The zero-order valence-corrected chi connectivity index (χ0v) is 17.7. The van der Waals surface area contributed by atoms with Crippen LogP contribution in [0, 0.1) is 0 Å². The maximum absolute atomic E-state index is 12.7. The molecule has 2 heterocycles. The second kappa shape index (κ2) is 9.11. The van der Waals surface area contributed by atoms with E-state index in [1.165, 1.54) is 38.0 Å². The molecular formula is C19H21N3O4S2. The van der Waals surface area contributed by atoms with E-state index in [9.17, 15) is 4.79 Å². The van der Waals surface area contributed by atoms with Crippen molar-refractivity contribution >= 4 is 28.9 Å². The van der Waals surface area contributed by atoms with E-state index in [2.05, 4.69) is 16.3 Å². The highest BCUT2D eigenvalue weighted by atomic mass is 32.2. The summed E-state index contributed by atoms with van der Waals surface area (Å²) < 4.78 is 17.9. The smallest absolute Gasteiger partial charge is 0.203 e. The monoisotopic (exact) mass is 419 g/mol. The van der Waals surface area contributed by atoms with E-state index in [0.29, 0.717) is 28.0 Å². The average molecular weight is 420 g/mol. The number of hydrogen-bond acceptors (Lipinski definition) is 8. The van der Waals surface area contributed by atoms with E-state index in [4.69, 9.17) is 14.2 Å². The Hall–Kier alpha value is -2.52. The molecule has 3 rings (SSSR count). The van der Waals surface area contributed by atoms with Gasteiger partial charge in [-0.1, -0.05) is 17.8 Å². The van der Waals surface area contributed by atoms with Gasteiger partial charge in [0.2, 0.25) is 5.75 Å². The van der Waals surface area contributed by atoms with Crippen LogP contribution in [0.4, 0.5) is 0 Å². The first kappa shape index (κ1) is 20.2.